The lowest BCUT2D eigenvalue weighted by Crippen LogP contribution is -2.35. The standard InChI is InChI=1S/C14H14N4O/c15-12-3-4-13-10(6-12)2-1-5-18(13)14(19)11-7-16-9-17-8-11/h3-4,6-9H,1-2,5,15H2. The number of anilines is 2. The van der Waals surface area contributed by atoms with Crippen molar-refractivity contribution in [2.24, 2.45) is 0 Å². The minimum absolute atomic E-state index is 0.0636. The van der Waals surface area contributed by atoms with Crippen molar-refractivity contribution >= 4 is 17.3 Å². The summed E-state index contributed by atoms with van der Waals surface area (Å²) in [7, 11) is 0. The highest BCUT2D eigenvalue weighted by atomic mass is 16.2. The maximum atomic E-state index is 12.5. The van der Waals surface area contributed by atoms with E-state index in [1.807, 2.05) is 18.2 Å². The molecule has 1 aromatic carbocycles. The highest BCUT2D eigenvalue weighted by Crippen LogP contribution is 2.29. The summed E-state index contributed by atoms with van der Waals surface area (Å²) in [6.07, 6.45) is 6.40. The van der Waals surface area contributed by atoms with E-state index in [9.17, 15) is 4.79 Å². The van der Waals surface area contributed by atoms with Crippen LogP contribution < -0.4 is 10.6 Å². The lowest BCUT2D eigenvalue weighted by Gasteiger charge is -2.29. The molecule has 0 atom stereocenters. The van der Waals surface area contributed by atoms with E-state index in [-0.39, 0.29) is 5.91 Å². The molecule has 1 aliphatic heterocycles. The van der Waals surface area contributed by atoms with Gasteiger partial charge in [0.05, 0.1) is 5.56 Å². The molecule has 1 aromatic heterocycles. The minimum Gasteiger partial charge on any atom is -0.399 e. The van der Waals surface area contributed by atoms with Crippen molar-refractivity contribution in [2.75, 3.05) is 17.2 Å². The van der Waals surface area contributed by atoms with Gasteiger partial charge in [-0.1, -0.05) is 0 Å². The van der Waals surface area contributed by atoms with Crippen molar-refractivity contribution in [1.29, 1.82) is 0 Å². The summed E-state index contributed by atoms with van der Waals surface area (Å²) >= 11 is 0. The summed E-state index contributed by atoms with van der Waals surface area (Å²) in [5.74, 6) is -0.0636. The maximum absolute atomic E-state index is 12.5. The van der Waals surface area contributed by atoms with E-state index in [1.54, 1.807) is 17.3 Å². The average molecular weight is 254 g/mol. The second-order valence-corrected chi connectivity index (χ2v) is 4.58. The Kier molecular flexibility index (Phi) is 2.87. The predicted molar refractivity (Wildman–Crippen MR) is 72.9 cm³/mol. The third-order valence-corrected chi connectivity index (χ3v) is 3.27. The SMILES string of the molecule is Nc1ccc2c(c1)CCCN2C(=O)c1cncnc1. The fraction of sp³-hybridized carbons (Fsp3) is 0.214. The lowest BCUT2D eigenvalue weighted by atomic mass is 10.0. The Hall–Kier alpha value is -2.43. The molecule has 0 fully saturated rings. The van der Waals surface area contributed by atoms with Crippen molar-refractivity contribution in [3.05, 3.63) is 48.0 Å². The topological polar surface area (TPSA) is 72.1 Å². The van der Waals surface area contributed by atoms with Crippen LogP contribution in [0.3, 0.4) is 0 Å². The number of amides is 1. The Morgan fingerprint density at radius 3 is 2.84 bits per heavy atom. The molecule has 5 nitrogen and oxygen atoms in total. The number of aryl methyl sites for hydroxylation is 1. The summed E-state index contributed by atoms with van der Waals surface area (Å²) in [5, 5.41) is 0. The van der Waals surface area contributed by atoms with Gasteiger partial charge in [-0.05, 0) is 36.6 Å². The molecule has 3 rings (SSSR count). The van der Waals surface area contributed by atoms with Crippen molar-refractivity contribution in [3.8, 4) is 0 Å². The average Bonchev–Trinajstić information content (AvgIpc) is 2.46. The van der Waals surface area contributed by atoms with Gasteiger partial charge in [0.15, 0.2) is 0 Å². The fourth-order valence-corrected chi connectivity index (χ4v) is 2.39. The van der Waals surface area contributed by atoms with Crippen molar-refractivity contribution < 1.29 is 4.79 Å². The molecular weight excluding hydrogens is 240 g/mol. The molecule has 0 spiro atoms. The number of rotatable bonds is 1. The Bertz CT molecular complexity index is 612. The van der Waals surface area contributed by atoms with E-state index in [1.165, 1.54) is 6.33 Å². The highest BCUT2D eigenvalue weighted by Gasteiger charge is 2.23. The van der Waals surface area contributed by atoms with Gasteiger partial charge >= 0.3 is 0 Å². The fourth-order valence-electron chi connectivity index (χ4n) is 2.39. The van der Waals surface area contributed by atoms with Crippen LogP contribution in [-0.2, 0) is 6.42 Å². The molecule has 2 aromatic rings. The zero-order chi connectivity index (χ0) is 13.2. The van der Waals surface area contributed by atoms with Crippen LogP contribution in [0, 0.1) is 0 Å². The predicted octanol–water partition coefficient (Wildman–Crippen LogP) is 1.65. The molecule has 0 bridgehead atoms. The van der Waals surface area contributed by atoms with Crippen LogP contribution in [0.1, 0.15) is 22.3 Å². The quantitative estimate of drug-likeness (QED) is 0.785. The molecule has 1 aliphatic rings. The molecule has 2 N–H and O–H groups in total. The number of aromatic nitrogens is 2. The summed E-state index contributed by atoms with van der Waals surface area (Å²) in [6.45, 7) is 0.713. The van der Waals surface area contributed by atoms with Crippen LogP contribution in [0.15, 0.2) is 36.9 Å². The van der Waals surface area contributed by atoms with Gasteiger partial charge in [-0.15, -0.1) is 0 Å². The molecular formula is C14H14N4O. The van der Waals surface area contributed by atoms with E-state index in [2.05, 4.69) is 9.97 Å². The Morgan fingerprint density at radius 1 is 1.26 bits per heavy atom. The second kappa shape index (κ2) is 4.68. The van der Waals surface area contributed by atoms with Crippen LogP contribution in [0.5, 0.6) is 0 Å². The van der Waals surface area contributed by atoms with E-state index in [0.29, 0.717) is 12.1 Å². The summed E-state index contributed by atoms with van der Waals surface area (Å²) in [4.78, 5) is 22.0. The summed E-state index contributed by atoms with van der Waals surface area (Å²) < 4.78 is 0. The first kappa shape index (κ1) is 11.6. The van der Waals surface area contributed by atoms with Crippen molar-refractivity contribution in [2.45, 2.75) is 12.8 Å². The number of fused-ring (bicyclic) bond motifs is 1. The van der Waals surface area contributed by atoms with Gasteiger partial charge in [0, 0.05) is 30.3 Å². The zero-order valence-corrected chi connectivity index (χ0v) is 10.4. The Morgan fingerprint density at radius 2 is 2.05 bits per heavy atom. The zero-order valence-electron chi connectivity index (χ0n) is 10.4. The number of nitrogens with zero attached hydrogens (tertiary/aromatic N) is 3. The molecule has 1 amide bonds. The minimum atomic E-state index is -0.0636. The Labute approximate surface area is 111 Å². The molecule has 96 valence electrons. The van der Waals surface area contributed by atoms with E-state index >= 15 is 0 Å². The normalized spacial score (nSPS) is 14.0. The van der Waals surface area contributed by atoms with E-state index < -0.39 is 0 Å². The first-order valence-electron chi connectivity index (χ1n) is 6.21. The summed E-state index contributed by atoms with van der Waals surface area (Å²) in [6, 6.07) is 5.67. The largest absolute Gasteiger partial charge is 0.399 e. The number of carbonyl (C=O) groups is 1. The van der Waals surface area contributed by atoms with Gasteiger partial charge in [-0.25, -0.2) is 9.97 Å². The van der Waals surface area contributed by atoms with Gasteiger partial charge in [0.25, 0.3) is 5.91 Å². The molecule has 5 heteroatoms. The molecule has 0 radical (unpaired) electrons. The number of nitrogen functional groups attached to an aromatic ring is 1. The van der Waals surface area contributed by atoms with Crippen LogP contribution in [-0.4, -0.2) is 22.4 Å². The number of hydrogen-bond acceptors (Lipinski definition) is 4. The van der Waals surface area contributed by atoms with Gasteiger partial charge in [0.1, 0.15) is 6.33 Å². The molecule has 19 heavy (non-hydrogen) atoms. The van der Waals surface area contributed by atoms with Crippen LogP contribution in [0.25, 0.3) is 0 Å². The number of carbonyl (C=O) groups excluding carboxylic acids is 1. The second-order valence-electron chi connectivity index (χ2n) is 4.58. The highest BCUT2D eigenvalue weighted by molar-refractivity contribution is 6.06. The van der Waals surface area contributed by atoms with Crippen LogP contribution in [0.2, 0.25) is 0 Å². The van der Waals surface area contributed by atoms with Crippen molar-refractivity contribution in [1.82, 2.24) is 9.97 Å². The maximum Gasteiger partial charge on any atom is 0.261 e. The number of benzene rings is 1. The van der Waals surface area contributed by atoms with Gasteiger partial charge in [-0.3, -0.25) is 4.79 Å². The van der Waals surface area contributed by atoms with Gasteiger partial charge in [-0.2, -0.15) is 0 Å². The third-order valence-electron chi connectivity index (χ3n) is 3.27. The molecule has 0 unspecified atom stereocenters. The first-order valence-corrected chi connectivity index (χ1v) is 6.21. The number of hydrogen-bond donors (Lipinski definition) is 1. The monoisotopic (exact) mass is 254 g/mol. The lowest BCUT2D eigenvalue weighted by molar-refractivity contribution is 0.0984. The molecule has 0 saturated carbocycles. The van der Waals surface area contributed by atoms with Gasteiger partial charge in [0.2, 0.25) is 0 Å². The third kappa shape index (κ3) is 2.14. The molecule has 0 aliphatic carbocycles. The van der Waals surface area contributed by atoms with Crippen LogP contribution >= 0.6 is 0 Å². The molecule has 0 saturated heterocycles. The van der Waals surface area contributed by atoms with Crippen LogP contribution in [0.4, 0.5) is 11.4 Å². The van der Waals surface area contributed by atoms with Gasteiger partial charge < -0.3 is 10.6 Å². The van der Waals surface area contributed by atoms with E-state index in [0.717, 1.165) is 29.8 Å². The number of nitrogens with two attached hydrogens (primary N) is 1. The molecule has 2 heterocycles. The Balaban J connectivity index is 1.98. The summed E-state index contributed by atoms with van der Waals surface area (Å²) in [5.41, 5.74) is 9.09. The smallest absolute Gasteiger partial charge is 0.261 e. The van der Waals surface area contributed by atoms with Crippen molar-refractivity contribution in [3.63, 3.8) is 0 Å². The first-order chi connectivity index (χ1) is 9.25. The van der Waals surface area contributed by atoms with E-state index in [4.69, 9.17) is 5.73 Å².